The summed E-state index contributed by atoms with van der Waals surface area (Å²) in [7, 11) is 0. The highest BCUT2D eigenvalue weighted by atomic mass is 35.5. The zero-order chi connectivity index (χ0) is 21.0. The Balaban J connectivity index is 0.000000169. The standard InChI is InChI=1S/C12H9F3O.C11H9ClO/c1-8-6-7-11(16-8)9-4-2-3-5-10(9)12(13,14)15;1-8-6-7-11(13-8)9-4-2-3-5-10(9)12/h2-7H,1H3;2-7H,1H3. The fourth-order valence-electron chi connectivity index (χ4n) is 2.76. The highest BCUT2D eigenvalue weighted by Gasteiger charge is 2.33. The summed E-state index contributed by atoms with van der Waals surface area (Å²) in [6, 6.07) is 20.1. The molecule has 2 nitrogen and oxygen atoms in total. The van der Waals surface area contributed by atoms with Crippen LogP contribution < -0.4 is 0 Å². The number of halogens is 4. The summed E-state index contributed by atoms with van der Waals surface area (Å²) in [5.74, 6) is 2.55. The number of hydrogen-bond donors (Lipinski definition) is 0. The molecule has 4 aromatic rings. The second kappa shape index (κ2) is 8.62. The number of benzene rings is 2. The van der Waals surface area contributed by atoms with Gasteiger partial charge in [0, 0.05) is 11.1 Å². The first kappa shape index (κ1) is 20.8. The Morgan fingerprint density at radius 1 is 0.655 bits per heavy atom. The van der Waals surface area contributed by atoms with Crippen LogP contribution in [-0.4, -0.2) is 0 Å². The van der Waals surface area contributed by atoms with E-state index >= 15 is 0 Å². The first-order chi connectivity index (χ1) is 13.8. The summed E-state index contributed by atoms with van der Waals surface area (Å²) in [4.78, 5) is 0. The maximum atomic E-state index is 12.7. The van der Waals surface area contributed by atoms with Crippen LogP contribution >= 0.6 is 11.6 Å². The number of hydrogen-bond acceptors (Lipinski definition) is 2. The van der Waals surface area contributed by atoms with Crippen molar-refractivity contribution >= 4 is 11.6 Å². The SMILES string of the molecule is Cc1ccc(-c2ccccc2C(F)(F)F)o1.Cc1ccc(-c2ccccc2Cl)o1. The zero-order valence-electron chi connectivity index (χ0n) is 15.8. The van der Waals surface area contributed by atoms with Gasteiger partial charge in [0.25, 0.3) is 0 Å². The van der Waals surface area contributed by atoms with Crippen LogP contribution in [0, 0.1) is 13.8 Å². The van der Waals surface area contributed by atoms with E-state index in [9.17, 15) is 13.2 Å². The summed E-state index contributed by atoms with van der Waals surface area (Å²) in [6.45, 7) is 3.61. The lowest BCUT2D eigenvalue weighted by Crippen LogP contribution is -2.06. The summed E-state index contributed by atoms with van der Waals surface area (Å²) in [6.07, 6.45) is -4.36. The maximum absolute atomic E-state index is 12.7. The molecule has 0 atom stereocenters. The van der Waals surface area contributed by atoms with Gasteiger partial charge in [0.05, 0.1) is 10.6 Å². The van der Waals surface area contributed by atoms with E-state index in [1.807, 2.05) is 43.3 Å². The van der Waals surface area contributed by atoms with E-state index in [0.29, 0.717) is 5.76 Å². The second-order valence-electron chi connectivity index (χ2n) is 6.34. The summed E-state index contributed by atoms with van der Waals surface area (Å²) >= 11 is 6.01. The molecule has 4 rings (SSSR count). The Hall–Kier alpha value is -2.92. The minimum absolute atomic E-state index is 0.0723. The molecule has 0 unspecified atom stereocenters. The molecule has 0 radical (unpaired) electrons. The van der Waals surface area contributed by atoms with Gasteiger partial charge in [-0.2, -0.15) is 13.2 Å². The van der Waals surface area contributed by atoms with E-state index in [2.05, 4.69) is 0 Å². The van der Waals surface area contributed by atoms with Crippen molar-refractivity contribution in [2.24, 2.45) is 0 Å². The molecule has 29 heavy (non-hydrogen) atoms. The Labute approximate surface area is 171 Å². The molecule has 2 aromatic heterocycles. The molecular formula is C23H18ClF3O2. The summed E-state index contributed by atoms with van der Waals surface area (Å²) in [5.41, 5.74) is 0.338. The topological polar surface area (TPSA) is 26.3 Å². The van der Waals surface area contributed by atoms with E-state index < -0.39 is 11.7 Å². The normalized spacial score (nSPS) is 11.1. The molecule has 6 heteroatoms. The van der Waals surface area contributed by atoms with Gasteiger partial charge in [-0.25, -0.2) is 0 Å². The van der Waals surface area contributed by atoms with Gasteiger partial charge in [-0.3, -0.25) is 0 Å². The monoisotopic (exact) mass is 418 g/mol. The van der Waals surface area contributed by atoms with Crippen LogP contribution in [-0.2, 0) is 6.18 Å². The van der Waals surface area contributed by atoms with E-state index in [-0.39, 0.29) is 11.3 Å². The van der Waals surface area contributed by atoms with Crippen molar-refractivity contribution in [1.82, 2.24) is 0 Å². The van der Waals surface area contributed by atoms with Crippen LogP contribution in [0.4, 0.5) is 13.2 Å². The lowest BCUT2D eigenvalue weighted by molar-refractivity contribution is -0.137. The van der Waals surface area contributed by atoms with Crippen molar-refractivity contribution < 1.29 is 22.0 Å². The first-order valence-corrected chi connectivity index (χ1v) is 9.18. The summed E-state index contributed by atoms with van der Waals surface area (Å²) in [5, 5.41) is 0.719. The smallest absolute Gasteiger partial charge is 0.417 e. The van der Waals surface area contributed by atoms with E-state index in [4.69, 9.17) is 20.4 Å². The minimum atomic E-state index is -4.36. The predicted octanol–water partition coefficient (Wildman–Crippen LogP) is 8.18. The van der Waals surface area contributed by atoms with Gasteiger partial charge in [0.2, 0.25) is 0 Å². The molecule has 2 heterocycles. The van der Waals surface area contributed by atoms with Crippen molar-refractivity contribution in [3.8, 4) is 22.6 Å². The average Bonchev–Trinajstić information content (AvgIpc) is 3.30. The second-order valence-corrected chi connectivity index (χ2v) is 6.75. The van der Waals surface area contributed by atoms with Crippen LogP contribution in [0.15, 0.2) is 81.6 Å². The first-order valence-electron chi connectivity index (χ1n) is 8.80. The van der Waals surface area contributed by atoms with Crippen LogP contribution in [0.1, 0.15) is 17.1 Å². The van der Waals surface area contributed by atoms with Crippen LogP contribution in [0.25, 0.3) is 22.6 Å². The molecule has 0 fully saturated rings. The number of furan rings is 2. The fraction of sp³-hybridized carbons (Fsp3) is 0.130. The number of alkyl halides is 3. The molecule has 0 spiro atoms. The quantitative estimate of drug-likeness (QED) is 0.328. The molecule has 0 saturated heterocycles. The van der Waals surface area contributed by atoms with E-state index in [1.165, 1.54) is 12.1 Å². The zero-order valence-corrected chi connectivity index (χ0v) is 16.5. The Morgan fingerprint density at radius 2 is 1.14 bits per heavy atom. The molecule has 0 bridgehead atoms. The van der Waals surface area contributed by atoms with Crippen molar-refractivity contribution in [2.75, 3.05) is 0 Å². The lowest BCUT2D eigenvalue weighted by atomic mass is 10.1. The molecule has 0 aliphatic heterocycles. The molecule has 0 amide bonds. The Kier molecular flexibility index (Phi) is 6.18. The predicted molar refractivity (Wildman–Crippen MR) is 108 cm³/mol. The van der Waals surface area contributed by atoms with Gasteiger partial charge in [-0.05, 0) is 56.3 Å². The van der Waals surface area contributed by atoms with Crippen molar-refractivity contribution in [2.45, 2.75) is 20.0 Å². The third-order valence-electron chi connectivity index (χ3n) is 4.12. The highest BCUT2D eigenvalue weighted by Crippen LogP contribution is 2.37. The fourth-order valence-corrected chi connectivity index (χ4v) is 2.99. The van der Waals surface area contributed by atoms with Crippen LogP contribution in [0.3, 0.4) is 0 Å². The Bertz CT molecular complexity index is 1090. The van der Waals surface area contributed by atoms with E-state index in [0.717, 1.165) is 28.2 Å². The van der Waals surface area contributed by atoms with Crippen molar-refractivity contribution in [1.29, 1.82) is 0 Å². The van der Waals surface area contributed by atoms with E-state index in [1.54, 1.807) is 25.1 Å². The molecule has 0 aliphatic carbocycles. The maximum Gasteiger partial charge on any atom is 0.417 e. The van der Waals surface area contributed by atoms with Gasteiger partial charge in [-0.1, -0.05) is 41.9 Å². The molecule has 0 N–H and O–H groups in total. The largest absolute Gasteiger partial charge is 0.461 e. The molecule has 2 aromatic carbocycles. The highest BCUT2D eigenvalue weighted by molar-refractivity contribution is 6.33. The van der Waals surface area contributed by atoms with Crippen LogP contribution in [0.5, 0.6) is 0 Å². The average molecular weight is 419 g/mol. The van der Waals surface area contributed by atoms with Gasteiger partial charge in [0.1, 0.15) is 23.0 Å². The lowest BCUT2D eigenvalue weighted by Gasteiger charge is -2.10. The summed E-state index contributed by atoms with van der Waals surface area (Å²) < 4.78 is 48.8. The van der Waals surface area contributed by atoms with Gasteiger partial charge in [0.15, 0.2) is 0 Å². The number of rotatable bonds is 2. The third kappa shape index (κ3) is 5.12. The third-order valence-corrected chi connectivity index (χ3v) is 4.45. The molecule has 150 valence electrons. The van der Waals surface area contributed by atoms with Gasteiger partial charge < -0.3 is 8.83 Å². The van der Waals surface area contributed by atoms with Crippen molar-refractivity contribution in [3.05, 3.63) is 94.9 Å². The molecule has 0 saturated carbocycles. The Morgan fingerprint density at radius 3 is 1.62 bits per heavy atom. The minimum Gasteiger partial charge on any atom is -0.461 e. The molecular weight excluding hydrogens is 401 g/mol. The number of aryl methyl sites for hydroxylation is 2. The van der Waals surface area contributed by atoms with Gasteiger partial charge in [-0.15, -0.1) is 0 Å². The molecule has 0 aliphatic rings. The van der Waals surface area contributed by atoms with Crippen molar-refractivity contribution in [3.63, 3.8) is 0 Å². The van der Waals surface area contributed by atoms with Gasteiger partial charge >= 0.3 is 6.18 Å². The van der Waals surface area contributed by atoms with Crippen LogP contribution in [0.2, 0.25) is 5.02 Å².